The molecule has 186 valence electrons. The van der Waals surface area contributed by atoms with E-state index < -0.39 is 0 Å². The van der Waals surface area contributed by atoms with Crippen LogP contribution in [0.25, 0.3) is 16.6 Å². The number of hydrogen-bond donors (Lipinski definition) is 1. The van der Waals surface area contributed by atoms with Gasteiger partial charge >= 0.3 is 0 Å². The molecular formula is C30H34N4O2. The lowest BCUT2D eigenvalue weighted by atomic mass is 9.46. The number of nitrogens with one attached hydrogen (secondary N) is 1. The summed E-state index contributed by atoms with van der Waals surface area (Å²) >= 11 is 0. The van der Waals surface area contributed by atoms with Gasteiger partial charge in [0.05, 0.1) is 16.8 Å². The van der Waals surface area contributed by atoms with Crippen LogP contribution in [0, 0.1) is 28.6 Å². The number of fused-ring (bicyclic) bond motifs is 6. The van der Waals surface area contributed by atoms with Crippen molar-refractivity contribution in [3.8, 4) is 5.69 Å². The summed E-state index contributed by atoms with van der Waals surface area (Å²) in [5.41, 5.74) is 4.25. The van der Waals surface area contributed by atoms with E-state index in [1.54, 1.807) is 0 Å². The molecule has 2 heterocycles. The number of carbonyl (C=O) groups excluding carboxylic acids is 1. The first-order chi connectivity index (χ1) is 17.4. The Morgan fingerprint density at radius 3 is 2.64 bits per heavy atom. The number of benzene rings is 1. The summed E-state index contributed by atoms with van der Waals surface area (Å²) in [6, 6.07) is 9.97. The zero-order valence-corrected chi connectivity index (χ0v) is 21.2. The van der Waals surface area contributed by atoms with Crippen molar-refractivity contribution in [1.82, 2.24) is 20.0 Å². The largest absolute Gasteiger partial charge is 0.295 e. The molecule has 36 heavy (non-hydrogen) atoms. The van der Waals surface area contributed by atoms with Crippen LogP contribution in [0.1, 0.15) is 76.8 Å². The number of H-pyrrole nitrogens is 1. The first kappa shape index (κ1) is 22.2. The van der Waals surface area contributed by atoms with Crippen LogP contribution in [0.3, 0.4) is 0 Å². The standard InChI is InChI=1S/C30H34N4O2/c1-29-14-12-20(35)16-18(29)8-9-21-23-10-11-25(30(23,2)15-13-24(21)29)27-26-22(28(36)32-31-27)17-34(33-26)19-6-4-3-5-7-19/h3-7,16-17,21,23-25H,8-15H2,1-2H3,(H,32,36). The fraction of sp³-hybridized carbons (Fsp3) is 0.533. The zero-order chi connectivity index (χ0) is 24.7. The van der Waals surface area contributed by atoms with E-state index in [2.05, 4.69) is 24.0 Å². The Morgan fingerprint density at radius 1 is 0.972 bits per heavy atom. The van der Waals surface area contributed by atoms with E-state index in [0.29, 0.717) is 41.3 Å². The lowest BCUT2D eigenvalue weighted by molar-refractivity contribution is -0.117. The quantitative estimate of drug-likeness (QED) is 0.506. The summed E-state index contributed by atoms with van der Waals surface area (Å²) in [5.74, 6) is 2.63. The van der Waals surface area contributed by atoms with E-state index in [-0.39, 0.29) is 16.4 Å². The van der Waals surface area contributed by atoms with Crippen molar-refractivity contribution in [2.24, 2.45) is 28.6 Å². The van der Waals surface area contributed by atoms with E-state index in [0.717, 1.165) is 36.2 Å². The molecule has 6 nitrogen and oxygen atoms in total. The minimum absolute atomic E-state index is 0.151. The number of hydrogen-bond acceptors (Lipinski definition) is 4. The van der Waals surface area contributed by atoms with Crippen molar-refractivity contribution in [3.63, 3.8) is 0 Å². The molecule has 0 saturated heterocycles. The average Bonchev–Trinajstić information content (AvgIpc) is 3.48. The maximum atomic E-state index is 12.7. The SMILES string of the molecule is CC12CCC(=O)C=C1CCC1C2CCC2(C)C(c3n[nH]c(=O)c4cn(-c5ccccc5)nc34)CCC12. The van der Waals surface area contributed by atoms with Gasteiger partial charge in [0.2, 0.25) is 0 Å². The van der Waals surface area contributed by atoms with Crippen LogP contribution in [0.2, 0.25) is 0 Å². The van der Waals surface area contributed by atoms with Crippen molar-refractivity contribution in [1.29, 1.82) is 0 Å². The number of aromatic amines is 1. The Kier molecular flexibility index (Phi) is 4.77. The van der Waals surface area contributed by atoms with Gasteiger partial charge in [-0.3, -0.25) is 9.59 Å². The number of aromatic nitrogens is 4. The maximum absolute atomic E-state index is 12.7. The number of nitrogens with zero attached hydrogens (tertiary/aromatic N) is 3. The molecule has 3 fully saturated rings. The summed E-state index contributed by atoms with van der Waals surface area (Å²) in [7, 11) is 0. The van der Waals surface area contributed by atoms with Gasteiger partial charge in [0.1, 0.15) is 5.52 Å². The Labute approximate surface area is 211 Å². The van der Waals surface area contributed by atoms with Gasteiger partial charge in [0.15, 0.2) is 5.78 Å². The predicted molar refractivity (Wildman–Crippen MR) is 139 cm³/mol. The van der Waals surface area contributed by atoms with Gasteiger partial charge in [-0.1, -0.05) is 37.6 Å². The molecule has 2 aromatic heterocycles. The van der Waals surface area contributed by atoms with Crippen molar-refractivity contribution >= 4 is 16.7 Å². The second kappa shape index (κ2) is 7.74. The number of rotatable bonds is 2. The Hall–Kier alpha value is -3.02. The Morgan fingerprint density at radius 2 is 1.81 bits per heavy atom. The van der Waals surface area contributed by atoms with E-state index in [1.165, 1.54) is 31.3 Å². The van der Waals surface area contributed by atoms with Gasteiger partial charge in [-0.25, -0.2) is 9.78 Å². The first-order valence-corrected chi connectivity index (χ1v) is 13.7. The van der Waals surface area contributed by atoms with Crippen LogP contribution in [0.4, 0.5) is 0 Å². The molecule has 0 bridgehead atoms. The molecule has 6 heteroatoms. The lowest BCUT2D eigenvalue weighted by Gasteiger charge is -2.58. The van der Waals surface area contributed by atoms with Crippen LogP contribution >= 0.6 is 0 Å². The second-order valence-corrected chi connectivity index (χ2v) is 12.3. The molecule has 3 aromatic rings. The van der Waals surface area contributed by atoms with E-state index >= 15 is 0 Å². The molecule has 0 spiro atoms. The van der Waals surface area contributed by atoms with E-state index in [4.69, 9.17) is 5.10 Å². The minimum Gasteiger partial charge on any atom is -0.295 e. The highest BCUT2D eigenvalue weighted by Gasteiger charge is 2.59. The van der Waals surface area contributed by atoms with Gasteiger partial charge in [-0.05, 0) is 91.7 Å². The van der Waals surface area contributed by atoms with E-state index in [1.807, 2.05) is 47.3 Å². The third-order valence-corrected chi connectivity index (χ3v) is 10.8. The van der Waals surface area contributed by atoms with Gasteiger partial charge in [-0.2, -0.15) is 10.2 Å². The topological polar surface area (TPSA) is 80.6 Å². The molecule has 4 aliphatic rings. The van der Waals surface area contributed by atoms with Crippen LogP contribution in [0.15, 0.2) is 53.0 Å². The maximum Gasteiger partial charge on any atom is 0.275 e. The summed E-state index contributed by atoms with van der Waals surface area (Å²) in [6.07, 6.45) is 12.5. The van der Waals surface area contributed by atoms with Gasteiger partial charge in [-0.15, -0.1) is 0 Å². The summed E-state index contributed by atoms with van der Waals surface area (Å²) < 4.78 is 1.82. The highest BCUT2D eigenvalue weighted by molar-refractivity contribution is 5.91. The second-order valence-electron chi connectivity index (χ2n) is 12.3. The molecule has 0 aliphatic heterocycles. The smallest absolute Gasteiger partial charge is 0.275 e. The molecule has 6 atom stereocenters. The highest BCUT2D eigenvalue weighted by atomic mass is 16.1. The van der Waals surface area contributed by atoms with Crippen LogP contribution in [-0.4, -0.2) is 25.8 Å². The predicted octanol–water partition coefficient (Wildman–Crippen LogP) is 5.72. The number of carbonyl (C=O) groups is 1. The monoisotopic (exact) mass is 482 g/mol. The molecule has 0 radical (unpaired) electrons. The van der Waals surface area contributed by atoms with Crippen molar-refractivity contribution < 1.29 is 4.79 Å². The molecule has 6 unspecified atom stereocenters. The zero-order valence-electron chi connectivity index (χ0n) is 21.2. The molecule has 0 amide bonds. The van der Waals surface area contributed by atoms with Gasteiger partial charge in [0, 0.05) is 18.5 Å². The van der Waals surface area contributed by atoms with Crippen molar-refractivity contribution in [3.05, 3.63) is 64.2 Å². The molecule has 1 aromatic carbocycles. The number of allylic oxidation sites excluding steroid dienone is 1. The van der Waals surface area contributed by atoms with E-state index in [9.17, 15) is 9.59 Å². The molecule has 1 N–H and O–H groups in total. The third-order valence-electron chi connectivity index (χ3n) is 10.8. The fourth-order valence-corrected chi connectivity index (χ4v) is 8.92. The summed E-state index contributed by atoms with van der Waals surface area (Å²) in [5, 5.41) is 13.0. The van der Waals surface area contributed by atoms with Crippen LogP contribution < -0.4 is 5.56 Å². The first-order valence-electron chi connectivity index (χ1n) is 13.7. The number of para-hydroxylation sites is 1. The summed E-state index contributed by atoms with van der Waals surface area (Å²) in [6.45, 7) is 4.93. The van der Waals surface area contributed by atoms with Crippen LogP contribution in [-0.2, 0) is 4.79 Å². The van der Waals surface area contributed by atoms with Crippen LogP contribution in [0.5, 0.6) is 0 Å². The number of ketones is 1. The van der Waals surface area contributed by atoms with Crippen molar-refractivity contribution in [2.45, 2.75) is 71.1 Å². The summed E-state index contributed by atoms with van der Waals surface area (Å²) in [4.78, 5) is 24.9. The average molecular weight is 483 g/mol. The fourth-order valence-electron chi connectivity index (χ4n) is 8.92. The Bertz CT molecular complexity index is 1450. The molecule has 4 aliphatic carbocycles. The minimum atomic E-state index is -0.175. The Balaban J connectivity index is 1.26. The molecule has 3 saturated carbocycles. The normalized spacial score (nSPS) is 35.7. The third kappa shape index (κ3) is 3.02. The van der Waals surface area contributed by atoms with Gasteiger partial charge < -0.3 is 0 Å². The highest BCUT2D eigenvalue weighted by Crippen LogP contribution is 2.68. The molecular weight excluding hydrogens is 448 g/mol. The lowest BCUT2D eigenvalue weighted by Crippen LogP contribution is -2.50. The molecule has 7 rings (SSSR count). The van der Waals surface area contributed by atoms with Gasteiger partial charge in [0.25, 0.3) is 5.56 Å². The van der Waals surface area contributed by atoms with Crippen molar-refractivity contribution in [2.75, 3.05) is 0 Å².